The molecule has 5 nitrogen and oxygen atoms in total. The number of carbonyl (C=O) groups is 2. The Balaban J connectivity index is 0.000000679. The quantitative estimate of drug-likeness (QED) is 0.462. The Morgan fingerprint density at radius 1 is 1.26 bits per heavy atom. The SMILES string of the molecule is C=C/C=C\C=C(/C)COc1ccc(CC(N)C=O)cc1.CC.CC(=O)C1CCCN1C. The van der Waals surface area contributed by atoms with Crippen LogP contribution in [0.15, 0.2) is 60.7 Å². The Labute approximate surface area is 188 Å². The molecule has 0 radical (unpaired) electrons. The van der Waals surface area contributed by atoms with E-state index in [4.69, 9.17) is 10.5 Å². The molecule has 172 valence electrons. The highest BCUT2D eigenvalue weighted by Crippen LogP contribution is 2.15. The molecule has 31 heavy (non-hydrogen) atoms. The molecule has 0 aromatic heterocycles. The van der Waals surface area contributed by atoms with Crippen LogP contribution >= 0.6 is 0 Å². The van der Waals surface area contributed by atoms with Crippen LogP contribution in [0.4, 0.5) is 0 Å². The van der Waals surface area contributed by atoms with Crippen LogP contribution in [0.2, 0.25) is 0 Å². The molecule has 0 amide bonds. The number of ether oxygens (including phenoxy) is 1. The minimum absolute atomic E-state index is 0.227. The summed E-state index contributed by atoms with van der Waals surface area (Å²) in [5.41, 5.74) is 7.73. The predicted octanol–water partition coefficient (Wildman–Crippen LogP) is 4.52. The number of Topliss-reactive ketones (excluding diaryl/α,β-unsaturated/α-hetero) is 1. The Bertz CT molecular complexity index is 708. The molecule has 0 aliphatic carbocycles. The van der Waals surface area contributed by atoms with Gasteiger partial charge in [-0.2, -0.15) is 0 Å². The predicted molar refractivity (Wildman–Crippen MR) is 130 cm³/mol. The average Bonchev–Trinajstić information content (AvgIpc) is 3.21. The molecule has 2 rings (SSSR count). The Hall–Kier alpha value is -2.50. The van der Waals surface area contributed by atoms with E-state index in [1.54, 1.807) is 13.0 Å². The van der Waals surface area contributed by atoms with Crippen molar-refractivity contribution in [2.24, 2.45) is 5.73 Å². The fraction of sp³-hybridized carbons (Fsp3) is 0.462. The third-order valence-corrected chi connectivity index (χ3v) is 4.65. The number of ketones is 1. The molecule has 1 heterocycles. The molecular formula is C26H40N2O3. The van der Waals surface area contributed by atoms with Crippen LogP contribution in [0.3, 0.4) is 0 Å². The summed E-state index contributed by atoms with van der Waals surface area (Å²) in [4.78, 5) is 23.4. The molecule has 1 saturated heterocycles. The van der Waals surface area contributed by atoms with Gasteiger partial charge in [0.25, 0.3) is 0 Å². The summed E-state index contributed by atoms with van der Waals surface area (Å²) in [5, 5.41) is 0. The molecule has 2 atom stereocenters. The molecule has 1 aromatic rings. The van der Waals surface area contributed by atoms with Gasteiger partial charge in [0.05, 0.1) is 12.1 Å². The summed E-state index contributed by atoms with van der Waals surface area (Å²) in [6.45, 7) is 12.9. The van der Waals surface area contributed by atoms with Gasteiger partial charge in [0.1, 0.15) is 24.4 Å². The summed E-state index contributed by atoms with van der Waals surface area (Å²) < 4.78 is 5.66. The van der Waals surface area contributed by atoms with Gasteiger partial charge in [0.2, 0.25) is 0 Å². The summed E-state index contributed by atoms with van der Waals surface area (Å²) in [7, 11) is 2.01. The molecule has 1 aliphatic heterocycles. The first-order valence-corrected chi connectivity index (χ1v) is 11.0. The average molecular weight is 429 g/mol. The zero-order chi connectivity index (χ0) is 23.6. The van der Waals surface area contributed by atoms with Crippen molar-refractivity contribution in [1.82, 2.24) is 4.90 Å². The fourth-order valence-electron chi connectivity index (χ4n) is 3.01. The van der Waals surface area contributed by atoms with Gasteiger partial charge in [-0.05, 0) is 70.0 Å². The van der Waals surface area contributed by atoms with Crippen LogP contribution in [-0.2, 0) is 16.0 Å². The van der Waals surface area contributed by atoms with Gasteiger partial charge in [-0.15, -0.1) is 0 Å². The van der Waals surface area contributed by atoms with Gasteiger partial charge in [0.15, 0.2) is 0 Å². The van der Waals surface area contributed by atoms with Crippen LogP contribution < -0.4 is 10.5 Å². The first-order chi connectivity index (χ1) is 14.9. The van der Waals surface area contributed by atoms with Gasteiger partial charge in [-0.25, -0.2) is 0 Å². The lowest BCUT2D eigenvalue weighted by Crippen LogP contribution is -2.30. The first kappa shape index (κ1) is 28.5. The smallest absolute Gasteiger partial charge is 0.146 e. The molecular weight excluding hydrogens is 388 g/mol. The molecule has 1 fully saturated rings. The van der Waals surface area contributed by atoms with E-state index in [2.05, 4.69) is 11.5 Å². The molecule has 2 N–H and O–H groups in total. The number of carbonyl (C=O) groups excluding carboxylic acids is 2. The topological polar surface area (TPSA) is 72.6 Å². The standard InChI is InChI=1S/C17H21NO2.C7H13NO.C2H6/c1-3-4-5-6-14(2)13-20-17-9-7-15(8-10-17)11-16(18)12-19;1-6(9)7-4-3-5-8(7)2;1-2/h3-10,12,16H,1,11,13,18H2,2H3;7H,3-5H2,1-2H3;1-2H3/b5-4-,14-6+;;. The lowest BCUT2D eigenvalue weighted by Gasteiger charge is -2.14. The maximum Gasteiger partial charge on any atom is 0.146 e. The number of likely N-dealkylation sites (tertiary alicyclic amines) is 1. The monoisotopic (exact) mass is 428 g/mol. The maximum absolute atomic E-state index is 10.8. The zero-order valence-electron chi connectivity index (χ0n) is 19.8. The van der Waals surface area contributed by atoms with E-state index in [1.807, 2.05) is 70.3 Å². The Kier molecular flexibility index (Phi) is 15.8. The van der Waals surface area contributed by atoms with Gasteiger partial charge in [-0.1, -0.05) is 56.9 Å². The fourth-order valence-corrected chi connectivity index (χ4v) is 3.01. The van der Waals surface area contributed by atoms with Crippen molar-refractivity contribution in [3.05, 3.63) is 66.3 Å². The van der Waals surface area contributed by atoms with Crippen LogP contribution in [0.25, 0.3) is 0 Å². The first-order valence-electron chi connectivity index (χ1n) is 11.0. The number of rotatable bonds is 9. The molecule has 5 heteroatoms. The van der Waals surface area contributed by atoms with E-state index in [9.17, 15) is 9.59 Å². The number of hydrogen-bond donors (Lipinski definition) is 1. The van der Waals surface area contributed by atoms with Crippen molar-refractivity contribution in [2.75, 3.05) is 20.2 Å². The number of aldehydes is 1. The van der Waals surface area contributed by atoms with Crippen LogP contribution in [0, 0.1) is 0 Å². The molecule has 1 aromatic carbocycles. The number of nitrogens with two attached hydrogens (primary N) is 1. The van der Waals surface area contributed by atoms with Gasteiger partial charge in [0, 0.05) is 0 Å². The van der Waals surface area contributed by atoms with E-state index in [0.29, 0.717) is 18.8 Å². The largest absolute Gasteiger partial charge is 0.489 e. The highest BCUT2D eigenvalue weighted by atomic mass is 16.5. The zero-order valence-corrected chi connectivity index (χ0v) is 19.8. The summed E-state index contributed by atoms with van der Waals surface area (Å²) in [6.07, 6.45) is 11.1. The van der Waals surface area contributed by atoms with E-state index in [0.717, 1.165) is 36.1 Å². The maximum atomic E-state index is 10.8. The van der Waals surface area contributed by atoms with Crippen molar-refractivity contribution >= 4 is 12.1 Å². The van der Waals surface area contributed by atoms with Crippen LogP contribution in [0.1, 0.15) is 46.1 Å². The normalized spacial score (nSPS) is 17.1. The molecule has 2 unspecified atom stereocenters. The minimum Gasteiger partial charge on any atom is -0.489 e. The molecule has 1 aliphatic rings. The number of nitrogens with zero attached hydrogens (tertiary/aromatic N) is 1. The van der Waals surface area contributed by atoms with Gasteiger partial charge >= 0.3 is 0 Å². The van der Waals surface area contributed by atoms with Crippen molar-refractivity contribution in [2.45, 2.75) is 59.0 Å². The van der Waals surface area contributed by atoms with E-state index in [1.165, 1.54) is 6.42 Å². The number of likely N-dealkylation sites (N-methyl/N-ethyl adjacent to an activating group) is 1. The lowest BCUT2D eigenvalue weighted by atomic mass is 10.1. The summed E-state index contributed by atoms with van der Waals surface area (Å²) >= 11 is 0. The van der Waals surface area contributed by atoms with E-state index < -0.39 is 6.04 Å². The Morgan fingerprint density at radius 2 is 1.90 bits per heavy atom. The Morgan fingerprint density at radius 3 is 2.35 bits per heavy atom. The van der Waals surface area contributed by atoms with Crippen molar-refractivity contribution in [3.63, 3.8) is 0 Å². The van der Waals surface area contributed by atoms with Gasteiger partial charge in [-0.3, -0.25) is 9.69 Å². The highest BCUT2D eigenvalue weighted by Gasteiger charge is 2.23. The third-order valence-electron chi connectivity index (χ3n) is 4.65. The van der Waals surface area contributed by atoms with Gasteiger partial charge < -0.3 is 15.3 Å². The molecule has 0 bridgehead atoms. The summed E-state index contributed by atoms with van der Waals surface area (Å²) in [6, 6.07) is 7.41. The minimum atomic E-state index is -0.441. The molecule has 0 spiro atoms. The number of benzene rings is 1. The van der Waals surface area contributed by atoms with Crippen molar-refractivity contribution in [1.29, 1.82) is 0 Å². The molecule has 0 saturated carbocycles. The van der Waals surface area contributed by atoms with Crippen LogP contribution in [-0.4, -0.2) is 49.3 Å². The van der Waals surface area contributed by atoms with E-state index >= 15 is 0 Å². The second-order valence-corrected chi connectivity index (χ2v) is 7.32. The van der Waals surface area contributed by atoms with E-state index in [-0.39, 0.29) is 6.04 Å². The summed E-state index contributed by atoms with van der Waals surface area (Å²) in [5.74, 6) is 1.11. The van der Waals surface area contributed by atoms with Crippen molar-refractivity contribution in [3.8, 4) is 5.75 Å². The highest BCUT2D eigenvalue weighted by molar-refractivity contribution is 5.81. The second-order valence-electron chi connectivity index (χ2n) is 7.32. The third kappa shape index (κ3) is 12.7. The number of hydrogen-bond acceptors (Lipinski definition) is 5. The number of allylic oxidation sites excluding steroid dienone is 4. The second kappa shape index (κ2) is 17.2. The lowest BCUT2D eigenvalue weighted by molar-refractivity contribution is -0.120. The van der Waals surface area contributed by atoms with Crippen LogP contribution in [0.5, 0.6) is 5.75 Å². The van der Waals surface area contributed by atoms with Crippen molar-refractivity contribution < 1.29 is 14.3 Å².